The van der Waals surface area contributed by atoms with E-state index in [4.69, 9.17) is 4.74 Å². The van der Waals surface area contributed by atoms with E-state index >= 15 is 0 Å². The molecule has 1 aliphatic rings. The standard InChI is InChI=1S/C28H43NO4/c1-2-3-4-5-6-7-8-9-10-11-12-13-14-18-21-26(30)27(31)29-25(23-33-28(29)32)22-24-19-16-15-17-20-24/h9-10,15-17,19-20,25-26,30H,2-8,11-14,18,21-23H2,1H3/b10-9-/t25-,26-/m0/s1. The van der Waals surface area contributed by atoms with E-state index in [2.05, 4.69) is 19.1 Å². The van der Waals surface area contributed by atoms with Gasteiger partial charge in [-0.3, -0.25) is 4.79 Å². The van der Waals surface area contributed by atoms with Crippen LogP contribution in [0.3, 0.4) is 0 Å². The fourth-order valence-corrected chi connectivity index (χ4v) is 4.28. The molecule has 0 spiro atoms. The first-order chi connectivity index (χ1) is 16.1. The van der Waals surface area contributed by atoms with Gasteiger partial charge in [0.2, 0.25) is 0 Å². The number of unbranched alkanes of at least 4 members (excludes halogenated alkanes) is 10. The molecule has 1 aliphatic heterocycles. The van der Waals surface area contributed by atoms with Crippen LogP contribution in [0.15, 0.2) is 42.5 Å². The van der Waals surface area contributed by atoms with Crippen molar-refractivity contribution in [3.05, 3.63) is 48.0 Å². The van der Waals surface area contributed by atoms with Crippen LogP contribution in [-0.4, -0.2) is 40.8 Å². The zero-order valence-corrected chi connectivity index (χ0v) is 20.4. The number of imide groups is 1. The van der Waals surface area contributed by atoms with Gasteiger partial charge in [0.1, 0.15) is 12.7 Å². The topological polar surface area (TPSA) is 66.8 Å². The molecule has 0 aromatic heterocycles. The molecule has 5 heteroatoms. The molecule has 1 fully saturated rings. The fraction of sp³-hybridized carbons (Fsp3) is 0.643. The van der Waals surface area contributed by atoms with Gasteiger partial charge in [-0.05, 0) is 44.1 Å². The predicted molar refractivity (Wildman–Crippen MR) is 133 cm³/mol. The number of rotatable bonds is 17. The van der Waals surface area contributed by atoms with E-state index in [9.17, 15) is 14.7 Å². The van der Waals surface area contributed by atoms with Crippen molar-refractivity contribution in [2.75, 3.05) is 6.61 Å². The van der Waals surface area contributed by atoms with Crippen molar-refractivity contribution in [3.63, 3.8) is 0 Å². The van der Waals surface area contributed by atoms with Crippen LogP contribution in [0.25, 0.3) is 0 Å². The lowest BCUT2D eigenvalue weighted by molar-refractivity contribution is -0.138. The summed E-state index contributed by atoms with van der Waals surface area (Å²) in [6.45, 7) is 2.43. The summed E-state index contributed by atoms with van der Waals surface area (Å²) >= 11 is 0. The number of carbonyl (C=O) groups is 2. The van der Waals surface area contributed by atoms with Crippen molar-refractivity contribution in [2.24, 2.45) is 0 Å². The molecule has 1 N–H and O–H groups in total. The third kappa shape index (κ3) is 10.6. The summed E-state index contributed by atoms with van der Waals surface area (Å²) in [5.41, 5.74) is 1.04. The molecule has 5 nitrogen and oxygen atoms in total. The third-order valence-corrected chi connectivity index (χ3v) is 6.29. The van der Waals surface area contributed by atoms with Crippen molar-refractivity contribution >= 4 is 12.0 Å². The maximum atomic E-state index is 12.7. The van der Waals surface area contributed by atoms with Crippen LogP contribution in [0, 0.1) is 0 Å². The van der Waals surface area contributed by atoms with Gasteiger partial charge in [-0.25, -0.2) is 9.69 Å². The Labute approximate surface area is 200 Å². The summed E-state index contributed by atoms with van der Waals surface area (Å²) < 4.78 is 5.10. The molecular formula is C28H43NO4. The van der Waals surface area contributed by atoms with Crippen LogP contribution >= 0.6 is 0 Å². The number of benzene rings is 1. The third-order valence-electron chi connectivity index (χ3n) is 6.29. The van der Waals surface area contributed by atoms with E-state index in [1.165, 1.54) is 44.9 Å². The van der Waals surface area contributed by atoms with Gasteiger partial charge in [0.05, 0.1) is 6.04 Å². The number of hydrogen-bond acceptors (Lipinski definition) is 4. The highest BCUT2D eigenvalue weighted by atomic mass is 16.6. The molecule has 1 heterocycles. The first-order valence-corrected chi connectivity index (χ1v) is 13.0. The van der Waals surface area contributed by atoms with Gasteiger partial charge in [0, 0.05) is 0 Å². The highest BCUT2D eigenvalue weighted by Crippen LogP contribution is 2.20. The number of cyclic esters (lactones) is 1. The minimum Gasteiger partial charge on any atom is -0.447 e. The van der Waals surface area contributed by atoms with Crippen molar-refractivity contribution in [3.8, 4) is 0 Å². The van der Waals surface area contributed by atoms with Gasteiger partial charge >= 0.3 is 6.09 Å². The second kappa shape index (κ2) is 16.5. The molecule has 2 amide bonds. The van der Waals surface area contributed by atoms with E-state index < -0.39 is 18.1 Å². The molecule has 0 radical (unpaired) electrons. The van der Waals surface area contributed by atoms with Gasteiger partial charge < -0.3 is 9.84 Å². The largest absolute Gasteiger partial charge is 0.447 e. The normalized spacial score (nSPS) is 17.0. The van der Waals surface area contributed by atoms with Crippen LogP contribution in [0.1, 0.15) is 96.0 Å². The molecule has 1 saturated heterocycles. The lowest BCUT2D eigenvalue weighted by atomic mass is 10.0. The molecule has 2 atom stereocenters. The average molecular weight is 458 g/mol. The van der Waals surface area contributed by atoms with E-state index in [0.29, 0.717) is 12.8 Å². The van der Waals surface area contributed by atoms with Crippen LogP contribution in [-0.2, 0) is 16.0 Å². The summed E-state index contributed by atoms with van der Waals surface area (Å²) in [5, 5.41) is 10.4. The Bertz CT molecular complexity index is 703. The molecule has 1 aromatic carbocycles. The molecular weight excluding hydrogens is 414 g/mol. The SMILES string of the molecule is CCCCCCCC/C=C\CCCCCC[C@H](O)C(=O)N1C(=O)OC[C@@H]1Cc1ccccc1. The molecule has 0 unspecified atom stereocenters. The minimum absolute atomic E-state index is 0.179. The van der Waals surface area contributed by atoms with Crippen molar-refractivity contribution in [1.29, 1.82) is 0 Å². The number of allylic oxidation sites excluding steroid dienone is 2. The van der Waals surface area contributed by atoms with E-state index in [0.717, 1.165) is 42.6 Å². The Balaban J connectivity index is 1.55. The molecule has 2 rings (SSSR count). The van der Waals surface area contributed by atoms with Crippen molar-refractivity contribution in [1.82, 2.24) is 4.90 Å². The van der Waals surface area contributed by atoms with Gasteiger partial charge in [-0.1, -0.05) is 101 Å². The Morgan fingerprint density at radius 2 is 1.61 bits per heavy atom. The first kappa shape index (κ1) is 27.1. The zero-order chi connectivity index (χ0) is 23.7. The first-order valence-electron chi connectivity index (χ1n) is 13.0. The average Bonchev–Trinajstić information content (AvgIpc) is 3.18. The Morgan fingerprint density at radius 1 is 1.00 bits per heavy atom. The Hall–Kier alpha value is -2.14. The lowest BCUT2D eigenvalue weighted by Gasteiger charge is -2.22. The Morgan fingerprint density at radius 3 is 2.27 bits per heavy atom. The van der Waals surface area contributed by atoms with Gasteiger partial charge in [-0.2, -0.15) is 0 Å². The van der Waals surface area contributed by atoms with E-state index in [-0.39, 0.29) is 12.6 Å². The summed E-state index contributed by atoms with van der Waals surface area (Å²) in [5.74, 6) is -0.531. The summed E-state index contributed by atoms with van der Waals surface area (Å²) in [4.78, 5) is 25.9. The van der Waals surface area contributed by atoms with Crippen LogP contribution < -0.4 is 0 Å². The maximum absolute atomic E-state index is 12.7. The van der Waals surface area contributed by atoms with Crippen LogP contribution in [0.4, 0.5) is 4.79 Å². The molecule has 33 heavy (non-hydrogen) atoms. The Kier molecular flexibility index (Phi) is 13.5. The number of aliphatic hydroxyl groups excluding tert-OH is 1. The zero-order valence-electron chi connectivity index (χ0n) is 20.4. The van der Waals surface area contributed by atoms with Crippen molar-refractivity contribution in [2.45, 2.75) is 109 Å². The minimum atomic E-state index is -1.15. The highest BCUT2D eigenvalue weighted by molar-refractivity contribution is 5.95. The van der Waals surface area contributed by atoms with Crippen LogP contribution in [0.5, 0.6) is 0 Å². The lowest BCUT2D eigenvalue weighted by Crippen LogP contribution is -2.45. The summed E-state index contributed by atoms with van der Waals surface area (Å²) in [6.07, 6.45) is 18.0. The summed E-state index contributed by atoms with van der Waals surface area (Å²) in [7, 11) is 0. The number of aliphatic hydroxyl groups is 1. The number of nitrogens with zero attached hydrogens (tertiary/aromatic N) is 1. The van der Waals surface area contributed by atoms with Gasteiger partial charge in [-0.15, -0.1) is 0 Å². The molecule has 1 aromatic rings. The molecule has 0 aliphatic carbocycles. The van der Waals surface area contributed by atoms with Gasteiger partial charge in [0.25, 0.3) is 5.91 Å². The van der Waals surface area contributed by atoms with Gasteiger partial charge in [0.15, 0.2) is 0 Å². The highest BCUT2D eigenvalue weighted by Gasteiger charge is 2.40. The number of ether oxygens (including phenoxy) is 1. The number of hydrogen-bond donors (Lipinski definition) is 1. The second-order valence-electron chi connectivity index (χ2n) is 9.16. The molecule has 0 bridgehead atoms. The summed E-state index contributed by atoms with van der Waals surface area (Å²) in [6, 6.07) is 9.36. The molecule has 0 saturated carbocycles. The predicted octanol–water partition coefficient (Wildman–Crippen LogP) is 6.58. The smallest absolute Gasteiger partial charge is 0.417 e. The second-order valence-corrected chi connectivity index (χ2v) is 9.16. The van der Waals surface area contributed by atoms with E-state index in [1.54, 1.807) is 0 Å². The van der Waals surface area contributed by atoms with Crippen molar-refractivity contribution < 1.29 is 19.4 Å². The quantitative estimate of drug-likeness (QED) is 0.212. The number of amides is 2. The van der Waals surface area contributed by atoms with E-state index in [1.807, 2.05) is 30.3 Å². The fourth-order valence-electron chi connectivity index (χ4n) is 4.28. The number of carbonyl (C=O) groups excluding carboxylic acids is 2. The maximum Gasteiger partial charge on any atom is 0.417 e. The molecule has 184 valence electrons. The monoisotopic (exact) mass is 457 g/mol. The van der Waals surface area contributed by atoms with Crippen LogP contribution in [0.2, 0.25) is 0 Å².